The molecule has 6 heteroatoms. The second-order valence-corrected chi connectivity index (χ2v) is 6.37. The average Bonchev–Trinajstić information content (AvgIpc) is 2.28. The number of sulfonamides is 1. The van der Waals surface area contributed by atoms with Crippen molar-refractivity contribution in [2.24, 2.45) is 5.73 Å². The van der Waals surface area contributed by atoms with Crippen molar-refractivity contribution in [3.63, 3.8) is 0 Å². The van der Waals surface area contributed by atoms with E-state index in [0.717, 1.165) is 18.5 Å². The van der Waals surface area contributed by atoms with Crippen molar-refractivity contribution in [3.8, 4) is 0 Å². The zero-order valence-corrected chi connectivity index (χ0v) is 11.2. The van der Waals surface area contributed by atoms with Crippen LogP contribution in [0.15, 0.2) is 29.2 Å². The van der Waals surface area contributed by atoms with Crippen LogP contribution in [-0.2, 0) is 10.0 Å². The van der Waals surface area contributed by atoms with Crippen LogP contribution in [0.25, 0.3) is 0 Å². The summed E-state index contributed by atoms with van der Waals surface area (Å²) in [5.74, 6) is 0. The van der Waals surface area contributed by atoms with Gasteiger partial charge in [0.2, 0.25) is 10.0 Å². The van der Waals surface area contributed by atoms with Crippen LogP contribution in [0.3, 0.4) is 0 Å². The molecule has 1 aromatic rings. The lowest BCUT2D eigenvalue weighted by atomic mass is 9.87. The van der Waals surface area contributed by atoms with Gasteiger partial charge >= 0.3 is 0 Å². The predicted molar refractivity (Wildman–Crippen MR) is 71.9 cm³/mol. The third-order valence-electron chi connectivity index (χ3n) is 3.04. The lowest BCUT2D eigenvalue weighted by Crippen LogP contribution is -2.44. The molecule has 1 fully saturated rings. The maximum Gasteiger partial charge on any atom is 0.240 e. The molecule has 4 N–H and O–H groups in total. The second-order valence-electron chi connectivity index (χ2n) is 4.60. The number of nitrogens with two attached hydrogens (primary N) is 1. The highest BCUT2D eigenvalue weighted by Crippen LogP contribution is 2.23. The lowest BCUT2D eigenvalue weighted by Gasteiger charge is -2.33. The van der Waals surface area contributed by atoms with Crippen LogP contribution in [0.2, 0.25) is 0 Å². The monoisotopic (exact) mass is 269 g/mol. The van der Waals surface area contributed by atoms with Gasteiger partial charge in [-0.1, -0.05) is 6.92 Å². The van der Waals surface area contributed by atoms with Crippen molar-refractivity contribution in [3.05, 3.63) is 24.3 Å². The highest BCUT2D eigenvalue weighted by atomic mass is 32.2. The summed E-state index contributed by atoms with van der Waals surface area (Å²) in [5, 5.41) is 3.32. The van der Waals surface area contributed by atoms with Gasteiger partial charge < -0.3 is 11.1 Å². The first kappa shape index (κ1) is 13.3. The predicted octanol–water partition coefficient (Wildman–Crippen LogP) is 0.886. The molecule has 1 aliphatic rings. The minimum atomic E-state index is -3.35. The van der Waals surface area contributed by atoms with Crippen LogP contribution in [0.5, 0.6) is 0 Å². The topological polar surface area (TPSA) is 84.2 Å². The van der Waals surface area contributed by atoms with Crippen LogP contribution >= 0.6 is 0 Å². The van der Waals surface area contributed by atoms with Gasteiger partial charge in [-0.3, -0.25) is 0 Å². The minimum absolute atomic E-state index is 0.292. The molecule has 0 amide bonds. The molecule has 0 heterocycles. The molecule has 5 nitrogen and oxygen atoms in total. The molecule has 0 unspecified atom stereocenters. The third-order valence-corrected chi connectivity index (χ3v) is 4.61. The van der Waals surface area contributed by atoms with Crippen molar-refractivity contribution in [2.75, 3.05) is 11.9 Å². The van der Waals surface area contributed by atoms with Crippen molar-refractivity contribution >= 4 is 15.7 Å². The SMILES string of the molecule is CCNS(=O)(=O)c1ccc(NC2CC(N)C2)cc1. The van der Waals surface area contributed by atoms with Gasteiger partial charge in [0.25, 0.3) is 0 Å². The lowest BCUT2D eigenvalue weighted by molar-refractivity contribution is 0.373. The number of anilines is 1. The summed E-state index contributed by atoms with van der Waals surface area (Å²) >= 11 is 0. The molecule has 0 aliphatic heterocycles. The van der Waals surface area contributed by atoms with Gasteiger partial charge in [-0.05, 0) is 37.1 Å². The highest BCUT2D eigenvalue weighted by Gasteiger charge is 2.25. The first-order chi connectivity index (χ1) is 8.51. The Morgan fingerprint density at radius 2 is 1.89 bits per heavy atom. The fourth-order valence-electron chi connectivity index (χ4n) is 2.02. The maximum absolute atomic E-state index is 11.7. The molecule has 18 heavy (non-hydrogen) atoms. The summed E-state index contributed by atoms with van der Waals surface area (Å²) in [7, 11) is -3.35. The molecule has 0 radical (unpaired) electrons. The first-order valence-corrected chi connectivity index (χ1v) is 7.61. The smallest absolute Gasteiger partial charge is 0.240 e. The van der Waals surface area contributed by atoms with E-state index in [4.69, 9.17) is 5.73 Å². The van der Waals surface area contributed by atoms with Gasteiger partial charge in [-0.15, -0.1) is 0 Å². The number of rotatable bonds is 5. The third kappa shape index (κ3) is 3.01. The number of hydrogen-bond acceptors (Lipinski definition) is 4. The molecule has 0 spiro atoms. The average molecular weight is 269 g/mol. The quantitative estimate of drug-likeness (QED) is 0.741. The first-order valence-electron chi connectivity index (χ1n) is 6.13. The Bertz CT molecular complexity index is 493. The van der Waals surface area contributed by atoms with E-state index >= 15 is 0 Å². The van der Waals surface area contributed by atoms with Gasteiger partial charge in [0.05, 0.1) is 4.90 Å². The Morgan fingerprint density at radius 1 is 1.28 bits per heavy atom. The van der Waals surface area contributed by atoms with Crippen LogP contribution in [-0.4, -0.2) is 27.0 Å². The van der Waals surface area contributed by atoms with Gasteiger partial charge in [-0.2, -0.15) is 0 Å². The molecule has 0 aromatic heterocycles. The van der Waals surface area contributed by atoms with Crippen LogP contribution in [0.1, 0.15) is 19.8 Å². The van der Waals surface area contributed by atoms with Gasteiger partial charge in [0, 0.05) is 24.3 Å². The minimum Gasteiger partial charge on any atom is -0.382 e. The summed E-state index contributed by atoms with van der Waals surface area (Å²) in [4.78, 5) is 0.292. The van der Waals surface area contributed by atoms with Gasteiger partial charge in [-0.25, -0.2) is 13.1 Å². The molecule has 0 saturated heterocycles. The van der Waals surface area contributed by atoms with E-state index in [-0.39, 0.29) is 0 Å². The molecular weight excluding hydrogens is 250 g/mol. The van der Waals surface area contributed by atoms with E-state index < -0.39 is 10.0 Å². The molecule has 0 atom stereocenters. The molecule has 100 valence electrons. The van der Waals surface area contributed by atoms with E-state index in [2.05, 4.69) is 10.0 Å². The maximum atomic E-state index is 11.7. The fourth-order valence-corrected chi connectivity index (χ4v) is 3.06. The van der Waals surface area contributed by atoms with E-state index in [0.29, 0.717) is 23.5 Å². The Morgan fingerprint density at radius 3 is 2.39 bits per heavy atom. The largest absolute Gasteiger partial charge is 0.382 e. The van der Waals surface area contributed by atoms with E-state index in [9.17, 15) is 8.42 Å². The molecule has 1 aromatic carbocycles. The second kappa shape index (κ2) is 5.26. The van der Waals surface area contributed by atoms with E-state index in [1.54, 1.807) is 31.2 Å². The summed E-state index contributed by atoms with van der Waals surface area (Å²) in [6, 6.07) is 7.51. The Labute approximate surface area is 108 Å². The van der Waals surface area contributed by atoms with Crippen molar-refractivity contribution in [2.45, 2.75) is 36.7 Å². The zero-order valence-electron chi connectivity index (χ0n) is 10.4. The van der Waals surface area contributed by atoms with E-state index in [1.807, 2.05) is 0 Å². The number of hydrogen-bond donors (Lipinski definition) is 3. The molecule has 1 saturated carbocycles. The van der Waals surface area contributed by atoms with Crippen LogP contribution < -0.4 is 15.8 Å². The highest BCUT2D eigenvalue weighted by molar-refractivity contribution is 7.89. The molecule has 0 bridgehead atoms. The molecule has 2 rings (SSSR count). The van der Waals surface area contributed by atoms with Gasteiger partial charge in [0.15, 0.2) is 0 Å². The van der Waals surface area contributed by atoms with E-state index in [1.165, 1.54) is 0 Å². The Balaban J connectivity index is 2.01. The Hall–Kier alpha value is -1.11. The van der Waals surface area contributed by atoms with Crippen LogP contribution in [0.4, 0.5) is 5.69 Å². The summed E-state index contributed by atoms with van der Waals surface area (Å²) < 4.78 is 25.9. The molecule has 1 aliphatic carbocycles. The Kier molecular flexibility index (Phi) is 3.89. The summed E-state index contributed by atoms with van der Waals surface area (Å²) in [5.41, 5.74) is 6.64. The fraction of sp³-hybridized carbons (Fsp3) is 0.500. The summed E-state index contributed by atoms with van der Waals surface area (Å²) in [6.07, 6.45) is 1.94. The number of nitrogens with one attached hydrogen (secondary N) is 2. The van der Waals surface area contributed by atoms with Gasteiger partial charge in [0.1, 0.15) is 0 Å². The number of benzene rings is 1. The van der Waals surface area contributed by atoms with Crippen LogP contribution in [0, 0.1) is 0 Å². The molecular formula is C12H19N3O2S. The van der Waals surface area contributed by atoms with Crippen molar-refractivity contribution in [1.82, 2.24) is 4.72 Å². The normalized spacial score (nSPS) is 23.4. The standard InChI is InChI=1S/C12H19N3O2S/c1-2-14-18(16,17)12-5-3-10(4-6-12)15-11-7-9(13)8-11/h3-6,9,11,14-15H,2,7-8,13H2,1H3. The zero-order chi connectivity index (χ0) is 13.2. The van der Waals surface area contributed by atoms with Crippen molar-refractivity contribution < 1.29 is 8.42 Å². The van der Waals surface area contributed by atoms with Crippen molar-refractivity contribution in [1.29, 1.82) is 0 Å². The summed E-state index contributed by atoms with van der Waals surface area (Å²) in [6.45, 7) is 2.15.